The van der Waals surface area contributed by atoms with Crippen LogP contribution in [-0.4, -0.2) is 36.3 Å². The van der Waals surface area contributed by atoms with E-state index in [1.807, 2.05) is 54.6 Å². The smallest absolute Gasteiger partial charge is 0.316 e. The maximum Gasteiger partial charge on any atom is 0.316 e. The number of hydrogen-bond donors (Lipinski definition) is 2. The lowest BCUT2D eigenvalue weighted by atomic mass is 9.91. The molecule has 1 fully saturated rings. The van der Waals surface area contributed by atoms with Gasteiger partial charge in [-0.2, -0.15) is 0 Å². The minimum absolute atomic E-state index is 0.270. The van der Waals surface area contributed by atoms with Gasteiger partial charge in [0.25, 0.3) is 0 Å². The van der Waals surface area contributed by atoms with Crippen LogP contribution < -0.4 is 11.1 Å². The van der Waals surface area contributed by atoms with Gasteiger partial charge >= 0.3 is 6.03 Å². The zero-order valence-corrected chi connectivity index (χ0v) is 14.2. The summed E-state index contributed by atoms with van der Waals surface area (Å²) in [5.41, 5.74) is 8.11. The number of primary amides is 1. The molecule has 0 saturated carbocycles. The van der Waals surface area contributed by atoms with E-state index in [4.69, 9.17) is 5.73 Å². The van der Waals surface area contributed by atoms with Gasteiger partial charge in [0.2, 0.25) is 0 Å². The SMILES string of the molecule is NC(=O)Nc1ccc(CC2CN(CC(=O)Cc3ccccc3)C2)cc1. The number of benzene rings is 2. The zero-order chi connectivity index (χ0) is 17.6. The molecule has 1 aliphatic heterocycles. The Morgan fingerprint density at radius 2 is 1.68 bits per heavy atom. The van der Waals surface area contributed by atoms with Crippen molar-refractivity contribution in [1.82, 2.24) is 4.90 Å². The molecule has 1 aliphatic rings. The molecule has 0 spiro atoms. The van der Waals surface area contributed by atoms with Crippen LogP contribution in [0.25, 0.3) is 0 Å². The van der Waals surface area contributed by atoms with Crippen LogP contribution in [0.4, 0.5) is 10.5 Å². The van der Waals surface area contributed by atoms with E-state index in [1.165, 1.54) is 5.56 Å². The lowest BCUT2D eigenvalue weighted by molar-refractivity contribution is -0.121. The number of anilines is 1. The molecule has 25 heavy (non-hydrogen) atoms. The molecule has 0 unspecified atom stereocenters. The minimum Gasteiger partial charge on any atom is -0.351 e. The van der Waals surface area contributed by atoms with Crippen LogP contribution in [0.1, 0.15) is 11.1 Å². The fraction of sp³-hybridized carbons (Fsp3) is 0.300. The molecule has 3 rings (SSSR count). The Morgan fingerprint density at radius 3 is 2.32 bits per heavy atom. The Bertz CT molecular complexity index is 722. The molecule has 0 radical (unpaired) electrons. The molecule has 130 valence electrons. The average Bonchev–Trinajstić information content (AvgIpc) is 2.55. The zero-order valence-electron chi connectivity index (χ0n) is 14.2. The summed E-state index contributed by atoms with van der Waals surface area (Å²) < 4.78 is 0. The highest BCUT2D eigenvalue weighted by Crippen LogP contribution is 2.21. The Kier molecular flexibility index (Phi) is 5.46. The van der Waals surface area contributed by atoms with Gasteiger partial charge in [-0.1, -0.05) is 42.5 Å². The highest BCUT2D eigenvalue weighted by atomic mass is 16.2. The van der Waals surface area contributed by atoms with Gasteiger partial charge in [-0.05, 0) is 35.6 Å². The lowest BCUT2D eigenvalue weighted by Gasteiger charge is -2.39. The maximum absolute atomic E-state index is 12.1. The second-order valence-corrected chi connectivity index (χ2v) is 6.65. The summed E-state index contributed by atoms with van der Waals surface area (Å²) in [6.07, 6.45) is 1.50. The predicted octanol–water partition coefficient (Wildman–Crippen LogP) is 2.46. The van der Waals surface area contributed by atoms with E-state index in [2.05, 4.69) is 10.2 Å². The summed E-state index contributed by atoms with van der Waals surface area (Å²) in [5, 5.41) is 2.55. The average molecular weight is 337 g/mol. The van der Waals surface area contributed by atoms with Crippen LogP contribution in [0.2, 0.25) is 0 Å². The van der Waals surface area contributed by atoms with Crippen LogP contribution in [0, 0.1) is 5.92 Å². The van der Waals surface area contributed by atoms with E-state index in [0.717, 1.165) is 25.1 Å². The van der Waals surface area contributed by atoms with Crippen molar-refractivity contribution in [3.8, 4) is 0 Å². The number of Topliss-reactive ketones (excluding diaryl/α,β-unsaturated/α-hetero) is 1. The molecule has 0 atom stereocenters. The third-order valence-electron chi connectivity index (χ3n) is 4.42. The Labute approximate surface area is 147 Å². The lowest BCUT2D eigenvalue weighted by Crippen LogP contribution is -2.49. The van der Waals surface area contributed by atoms with Gasteiger partial charge in [-0.3, -0.25) is 9.69 Å². The first-order valence-corrected chi connectivity index (χ1v) is 8.52. The summed E-state index contributed by atoms with van der Waals surface area (Å²) in [6, 6.07) is 17.1. The van der Waals surface area contributed by atoms with E-state index < -0.39 is 6.03 Å². The normalized spacial score (nSPS) is 14.7. The number of carbonyl (C=O) groups excluding carboxylic acids is 2. The van der Waals surface area contributed by atoms with Gasteiger partial charge in [-0.25, -0.2) is 4.79 Å². The molecule has 0 aliphatic carbocycles. The number of urea groups is 1. The van der Waals surface area contributed by atoms with Crippen LogP contribution in [0.5, 0.6) is 0 Å². The number of hydrogen-bond acceptors (Lipinski definition) is 3. The van der Waals surface area contributed by atoms with Crippen molar-refractivity contribution < 1.29 is 9.59 Å². The van der Waals surface area contributed by atoms with Gasteiger partial charge in [0.1, 0.15) is 0 Å². The van der Waals surface area contributed by atoms with E-state index in [-0.39, 0.29) is 5.78 Å². The van der Waals surface area contributed by atoms with Crippen molar-refractivity contribution in [2.45, 2.75) is 12.8 Å². The van der Waals surface area contributed by atoms with Crippen molar-refractivity contribution in [2.24, 2.45) is 11.7 Å². The molecule has 1 saturated heterocycles. The predicted molar refractivity (Wildman–Crippen MR) is 98.4 cm³/mol. The van der Waals surface area contributed by atoms with E-state index in [1.54, 1.807) is 0 Å². The summed E-state index contributed by atoms with van der Waals surface area (Å²) >= 11 is 0. The van der Waals surface area contributed by atoms with E-state index in [0.29, 0.717) is 24.6 Å². The molecular weight excluding hydrogens is 314 g/mol. The molecular formula is C20H23N3O2. The van der Waals surface area contributed by atoms with Crippen molar-refractivity contribution in [3.63, 3.8) is 0 Å². The molecule has 2 aromatic carbocycles. The van der Waals surface area contributed by atoms with Gasteiger partial charge in [0, 0.05) is 25.2 Å². The standard InChI is InChI=1S/C20H23N3O2/c21-20(25)22-18-8-6-16(7-9-18)10-17-12-23(13-17)14-19(24)11-15-4-2-1-3-5-15/h1-9,17H,10-14H2,(H3,21,22,25). The number of nitrogens with two attached hydrogens (primary N) is 1. The topological polar surface area (TPSA) is 75.4 Å². The fourth-order valence-corrected chi connectivity index (χ4v) is 3.26. The third kappa shape index (κ3) is 5.16. The molecule has 5 nitrogen and oxygen atoms in total. The Balaban J connectivity index is 1.39. The highest BCUT2D eigenvalue weighted by Gasteiger charge is 2.27. The van der Waals surface area contributed by atoms with Gasteiger partial charge in [-0.15, -0.1) is 0 Å². The van der Waals surface area contributed by atoms with Crippen LogP contribution in [-0.2, 0) is 17.6 Å². The molecule has 2 aromatic rings. The highest BCUT2D eigenvalue weighted by molar-refractivity contribution is 5.87. The number of nitrogens with one attached hydrogen (secondary N) is 1. The van der Waals surface area contributed by atoms with E-state index >= 15 is 0 Å². The number of amides is 2. The summed E-state index contributed by atoms with van der Waals surface area (Å²) in [7, 11) is 0. The molecule has 0 bridgehead atoms. The molecule has 3 N–H and O–H groups in total. The van der Waals surface area contributed by atoms with Gasteiger partial charge < -0.3 is 11.1 Å². The van der Waals surface area contributed by atoms with Crippen LogP contribution in [0.3, 0.4) is 0 Å². The van der Waals surface area contributed by atoms with Crippen LogP contribution >= 0.6 is 0 Å². The van der Waals surface area contributed by atoms with E-state index in [9.17, 15) is 9.59 Å². The number of nitrogens with zero attached hydrogens (tertiary/aromatic N) is 1. The first kappa shape index (κ1) is 17.2. The molecule has 5 heteroatoms. The second kappa shape index (κ2) is 7.94. The number of carbonyl (C=O) groups is 2. The van der Waals surface area contributed by atoms with Crippen molar-refractivity contribution in [3.05, 3.63) is 65.7 Å². The Morgan fingerprint density at radius 1 is 1.00 bits per heavy atom. The van der Waals surface area contributed by atoms with Crippen molar-refractivity contribution in [1.29, 1.82) is 0 Å². The monoisotopic (exact) mass is 337 g/mol. The van der Waals surface area contributed by atoms with Crippen LogP contribution in [0.15, 0.2) is 54.6 Å². The van der Waals surface area contributed by atoms with Gasteiger partial charge in [0.15, 0.2) is 5.78 Å². The first-order valence-electron chi connectivity index (χ1n) is 8.52. The van der Waals surface area contributed by atoms with Gasteiger partial charge in [0.05, 0.1) is 6.54 Å². The number of ketones is 1. The minimum atomic E-state index is -0.553. The number of likely N-dealkylation sites (tertiary alicyclic amines) is 1. The number of rotatable bonds is 7. The molecule has 1 heterocycles. The third-order valence-corrected chi connectivity index (χ3v) is 4.42. The quantitative estimate of drug-likeness (QED) is 0.815. The largest absolute Gasteiger partial charge is 0.351 e. The summed E-state index contributed by atoms with van der Waals surface area (Å²) in [5.74, 6) is 0.853. The fourth-order valence-electron chi connectivity index (χ4n) is 3.26. The van der Waals surface area contributed by atoms with Crippen molar-refractivity contribution in [2.75, 3.05) is 25.0 Å². The maximum atomic E-state index is 12.1. The first-order chi connectivity index (χ1) is 12.1. The summed E-state index contributed by atoms with van der Waals surface area (Å²) in [6.45, 7) is 2.45. The Hall–Kier alpha value is -2.66. The van der Waals surface area contributed by atoms with Crippen molar-refractivity contribution >= 4 is 17.5 Å². The second-order valence-electron chi connectivity index (χ2n) is 6.65. The summed E-state index contributed by atoms with van der Waals surface area (Å²) in [4.78, 5) is 25.1. The molecule has 2 amide bonds. The molecule has 0 aromatic heterocycles.